The average molecular weight is 384 g/mol. The van der Waals surface area contributed by atoms with E-state index in [1.807, 2.05) is 19.1 Å². The van der Waals surface area contributed by atoms with Gasteiger partial charge >= 0.3 is 0 Å². The molecule has 5 heterocycles. The second-order valence-corrected chi connectivity index (χ2v) is 8.81. The van der Waals surface area contributed by atoms with Gasteiger partial charge in [-0.3, -0.25) is 9.69 Å². The summed E-state index contributed by atoms with van der Waals surface area (Å²) in [6.45, 7) is 5.07. The maximum absolute atomic E-state index is 13.4. The van der Waals surface area contributed by atoms with E-state index in [-0.39, 0.29) is 5.91 Å². The highest BCUT2D eigenvalue weighted by Gasteiger charge is 2.54. The molecule has 0 radical (unpaired) electrons. The van der Waals surface area contributed by atoms with E-state index in [0.29, 0.717) is 23.9 Å². The third-order valence-corrected chi connectivity index (χ3v) is 7.66. The number of likely N-dealkylation sites (tertiary alicyclic amines) is 1. The van der Waals surface area contributed by atoms with Gasteiger partial charge in [0.2, 0.25) is 0 Å². The number of rotatable bonds is 3. The van der Waals surface area contributed by atoms with Gasteiger partial charge in [-0.15, -0.1) is 11.3 Å². The first-order valence-corrected chi connectivity index (χ1v) is 10.6. The molecular weight excluding hydrogens is 358 g/mol. The fraction of sp³-hybridized carbons (Fsp3) is 0.524. The molecule has 142 valence electrons. The summed E-state index contributed by atoms with van der Waals surface area (Å²) in [5.41, 5.74) is 3.96. The van der Waals surface area contributed by atoms with Crippen molar-refractivity contribution < 1.29 is 9.53 Å². The zero-order valence-electron chi connectivity index (χ0n) is 15.8. The first kappa shape index (κ1) is 17.2. The summed E-state index contributed by atoms with van der Waals surface area (Å²) in [5.74, 6) is 2.04. The fourth-order valence-electron chi connectivity index (χ4n) is 5.44. The fourth-order valence-corrected chi connectivity index (χ4v) is 6.19. The van der Waals surface area contributed by atoms with Gasteiger partial charge in [-0.1, -0.05) is 12.1 Å². The van der Waals surface area contributed by atoms with Crippen LogP contribution in [0, 0.1) is 12.8 Å². The van der Waals surface area contributed by atoms with Crippen LogP contribution in [0.2, 0.25) is 0 Å². The number of aromatic nitrogens is 1. The van der Waals surface area contributed by atoms with Crippen LogP contribution in [0.1, 0.15) is 39.7 Å². The smallest absolute Gasteiger partial charge is 0.266 e. The summed E-state index contributed by atoms with van der Waals surface area (Å²) in [6, 6.07) is 9.19. The molecule has 6 heteroatoms. The second-order valence-electron chi connectivity index (χ2n) is 7.96. The normalized spacial score (nSPS) is 31.8. The number of piperidine rings is 3. The van der Waals surface area contributed by atoms with Gasteiger partial charge in [0.05, 0.1) is 24.4 Å². The van der Waals surface area contributed by atoms with Crippen LogP contribution in [-0.4, -0.2) is 59.5 Å². The summed E-state index contributed by atoms with van der Waals surface area (Å²) in [6.07, 6.45) is 2.42. The Bertz CT molecular complexity index is 841. The van der Waals surface area contributed by atoms with Crippen molar-refractivity contribution in [2.24, 2.45) is 5.92 Å². The van der Waals surface area contributed by atoms with Gasteiger partial charge in [-0.2, -0.15) is 0 Å². The summed E-state index contributed by atoms with van der Waals surface area (Å²) in [7, 11) is 1.70. The Kier molecular flexibility index (Phi) is 4.20. The Morgan fingerprint density at radius 3 is 2.56 bits per heavy atom. The number of amides is 1. The Morgan fingerprint density at radius 1 is 1.19 bits per heavy atom. The van der Waals surface area contributed by atoms with E-state index in [9.17, 15) is 4.79 Å². The Labute approximate surface area is 164 Å². The lowest BCUT2D eigenvalue weighted by Gasteiger charge is -2.51. The van der Waals surface area contributed by atoms with E-state index in [4.69, 9.17) is 4.74 Å². The van der Waals surface area contributed by atoms with Crippen molar-refractivity contribution in [1.29, 1.82) is 0 Å². The second kappa shape index (κ2) is 6.60. The van der Waals surface area contributed by atoms with Crippen molar-refractivity contribution in [1.82, 2.24) is 14.8 Å². The number of carbonyl (C=O) groups is 1. The molecule has 2 bridgehead atoms. The van der Waals surface area contributed by atoms with E-state index in [1.165, 1.54) is 42.8 Å². The van der Waals surface area contributed by atoms with Crippen LogP contribution in [0.15, 0.2) is 29.8 Å². The van der Waals surface area contributed by atoms with Gasteiger partial charge in [-0.05, 0) is 56.5 Å². The summed E-state index contributed by atoms with van der Waals surface area (Å²) in [4.78, 5) is 23.3. The van der Waals surface area contributed by atoms with E-state index < -0.39 is 0 Å². The van der Waals surface area contributed by atoms with Crippen LogP contribution >= 0.6 is 11.3 Å². The number of methoxy groups -OCH3 is 1. The zero-order valence-corrected chi connectivity index (χ0v) is 16.6. The number of carbonyl (C=O) groups excluding carboxylic acids is 1. The van der Waals surface area contributed by atoms with Gasteiger partial charge in [0.1, 0.15) is 10.6 Å². The lowest BCUT2D eigenvalue weighted by Crippen LogP contribution is -2.60. The molecule has 0 N–H and O–H groups in total. The molecule has 4 fully saturated rings. The summed E-state index contributed by atoms with van der Waals surface area (Å²) >= 11 is 1.47. The SMILES string of the molecule is COc1ccc([C@@H]2CN(C(=O)c3scnc3C)[C@@H]3C4CCN(CC4)[C@@H]32)cc1. The molecule has 4 aliphatic rings. The van der Waals surface area contributed by atoms with Crippen LogP contribution in [0.3, 0.4) is 0 Å². The van der Waals surface area contributed by atoms with Crippen LogP contribution in [0.4, 0.5) is 0 Å². The molecule has 4 saturated heterocycles. The van der Waals surface area contributed by atoms with Crippen molar-refractivity contribution in [3.8, 4) is 5.75 Å². The molecule has 27 heavy (non-hydrogen) atoms. The largest absolute Gasteiger partial charge is 0.497 e. The monoisotopic (exact) mass is 383 g/mol. The van der Waals surface area contributed by atoms with Crippen molar-refractivity contribution >= 4 is 17.2 Å². The lowest BCUT2D eigenvalue weighted by atomic mass is 9.75. The van der Waals surface area contributed by atoms with Gasteiger partial charge in [0.15, 0.2) is 0 Å². The van der Waals surface area contributed by atoms with E-state index >= 15 is 0 Å². The van der Waals surface area contributed by atoms with Crippen molar-refractivity contribution in [2.45, 2.75) is 37.8 Å². The summed E-state index contributed by atoms with van der Waals surface area (Å²) < 4.78 is 5.33. The first-order chi connectivity index (χ1) is 13.2. The number of fused-ring (bicyclic) bond motifs is 2. The minimum Gasteiger partial charge on any atom is -0.497 e. The molecule has 0 aliphatic carbocycles. The Balaban J connectivity index is 1.51. The molecule has 5 nitrogen and oxygen atoms in total. The zero-order chi connectivity index (χ0) is 18.5. The molecule has 6 rings (SSSR count). The number of benzene rings is 1. The molecule has 1 aromatic heterocycles. The van der Waals surface area contributed by atoms with Crippen LogP contribution < -0.4 is 4.74 Å². The maximum Gasteiger partial charge on any atom is 0.266 e. The minimum absolute atomic E-state index is 0.176. The predicted octanol–water partition coefficient (Wildman–Crippen LogP) is 3.16. The third kappa shape index (κ3) is 2.69. The molecule has 4 aliphatic heterocycles. The van der Waals surface area contributed by atoms with Crippen molar-refractivity contribution in [3.05, 3.63) is 45.9 Å². The molecule has 0 spiro atoms. The third-order valence-electron chi connectivity index (χ3n) is 6.74. The highest BCUT2D eigenvalue weighted by atomic mass is 32.1. The number of thiazole rings is 1. The van der Waals surface area contributed by atoms with E-state index in [2.05, 4.69) is 26.9 Å². The van der Waals surface area contributed by atoms with Gasteiger partial charge in [-0.25, -0.2) is 4.98 Å². The van der Waals surface area contributed by atoms with Gasteiger partial charge in [0, 0.05) is 18.5 Å². The van der Waals surface area contributed by atoms with Crippen molar-refractivity contribution in [3.63, 3.8) is 0 Å². The topological polar surface area (TPSA) is 45.7 Å². The maximum atomic E-state index is 13.4. The van der Waals surface area contributed by atoms with Crippen LogP contribution in [0.5, 0.6) is 5.75 Å². The highest BCUT2D eigenvalue weighted by molar-refractivity contribution is 7.11. The average Bonchev–Trinajstić information content (AvgIpc) is 3.34. The Morgan fingerprint density at radius 2 is 1.93 bits per heavy atom. The molecular formula is C21H25N3O2S. The minimum atomic E-state index is 0.176. The lowest BCUT2D eigenvalue weighted by molar-refractivity contribution is -0.00328. The molecule has 3 atom stereocenters. The molecule has 0 unspecified atom stereocenters. The van der Waals surface area contributed by atoms with Crippen molar-refractivity contribution in [2.75, 3.05) is 26.7 Å². The number of nitrogens with zero attached hydrogens (tertiary/aromatic N) is 3. The van der Waals surface area contributed by atoms with Gasteiger partial charge < -0.3 is 9.64 Å². The van der Waals surface area contributed by atoms with E-state index in [0.717, 1.165) is 22.9 Å². The Hall–Kier alpha value is -1.92. The molecule has 0 saturated carbocycles. The van der Waals surface area contributed by atoms with Gasteiger partial charge in [0.25, 0.3) is 5.91 Å². The number of hydrogen-bond donors (Lipinski definition) is 0. The number of ether oxygens (including phenoxy) is 1. The quantitative estimate of drug-likeness (QED) is 0.817. The molecule has 2 aromatic rings. The number of hydrogen-bond acceptors (Lipinski definition) is 5. The summed E-state index contributed by atoms with van der Waals surface area (Å²) in [5, 5.41) is 0. The molecule has 1 aromatic carbocycles. The van der Waals surface area contributed by atoms with Crippen LogP contribution in [0.25, 0.3) is 0 Å². The first-order valence-electron chi connectivity index (χ1n) is 9.76. The van der Waals surface area contributed by atoms with Crippen LogP contribution in [-0.2, 0) is 0 Å². The highest BCUT2D eigenvalue weighted by Crippen LogP contribution is 2.47. The van der Waals surface area contributed by atoms with E-state index in [1.54, 1.807) is 12.6 Å². The standard InChI is InChI=1S/C21H25N3O2S/c1-13-20(27-12-22-13)21(25)24-11-17(14-3-5-16(26-2)6-4-14)19-18(24)15-7-9-23(19)10-8-15/h3-6,12,15,17-19H,7-11H2,1-2H3/t17-,18+,19+/m0/s1. The number of aryl methyl sites for hydroxylation is 1. The predicted molar refractivity (Wildman–Crippen MR) is 105 cm³/mol. The molecule has 1 amide bonds.